The molecule has 0 spiro atoms. The predicted molar refractivity (Wildman–Crippen MR) is 80.5 cm³/mol. The molecule has 0 saturated heterocycles. The van der Waals surface area contributed by atoms with E-state index in [1.165, 1.54) is 32.0 Å². The van der Waals surface area contributed by atoms with Gasteiger partial charge in [0.25, 0.3) is 0 Å². The fraction of sp³-hybridized carbons (Fsp3) is 0.533. The van der Waals surface area contributed by atoms with Crippen LogP contribution in [-0.2, 0) is 0 Å². The van der Waals surface area contributed by atoms with Gasteiger partial charge in [-0.2, -0.15) is 9.97 Å². The Morgan fingerprint density at radius 3 is 1.77 bits per heavy atom. The van der Waals surface area contributed by atoms with Crippen LogP contribution in [0.3, 0.4) is 0 Å². The van der Waals surface area contributed by atoms with E-state index in [1.807, 2.05) is 0 Å². The third kappa shape index (κ3) is 4.34. The highest BCUT2D eigenvalue weighted by molar-refractivity contribution is 5.05. The van der Waals surface area contributed by atoms with Crippen molar-refractivity contribution in [1.82, 2.24) is 25.9 Å². The third-order valence-electron chi connectivity index (χ3n) is 3.66. The molecule has 0 atom stereocenters. The zero-order chi connectivity index (χ0) is 15.0. The molecule has 1 aromatic heterocycles. The maximum absolute atomic E-state index is 5.38. The Hall–Kier alpha value is -2.31. The molecule has 2 aliphatic rings. The van der Waals surface area contributed by atoms with E-state index in [0.29, 0.717) is 0 Å². The Labute approximate surface area is 129 Å². The molecule has 0 aliphatic heterocycles. The van der Waals surface area contributed by atoms with Gasteiger partial charge in [0.2, 0.25) is 0 Å². The van der Waals surface area contributed by atoms with Crippen LogP contribution in [0.5, 0.6) is 12.0 Å². The molecule has 7 nitrogen and oxygen atoms in total. The molecule has 0 radical (unpaired) electrons. The van der Waals surface area contributed by atoms with Crippen LogP contribution in [0.2, 0.25) is 0 Å². The lowest BCUT2D eigenvalue weighted by molar-refractivity contribution is 0.176. The van der Waals surface area contributed by atoms with Crippen molar-refractivity contribution in [2.45, 2.75) is 51.4 Å². The van der Waals surface area contributed by atoms with Gasteiger partial charge in [0.1, 0.15) is 6.33 Å². The van der Waals surface area contributed by atoms with E-state index >= 15 is 0 Å². The van der Waals surface area contributed by atoms with Gasteiger partial charge in [0.15, 0.2) is 0 Å². The van der Waals surface area contributed by atoms with Crippen LogP contribution in [0.4, 0.5) is 0 Å². The first kappa shape index (κ1) is 14.6. The quantitative estimate of drug-likeness (QED) is 0.782. The second-order valence-corrected chi connectivity index (χ2v) is 5.41. The van der Waals surface area contributed by atoms with Crippen LogP contribution < -0.4 is 20.6 Å². The van der Waals surface area contributed by atoms with E-state index in [1.54, 1.807) is 0 Å². The molecule has 0 aromatic carbocycles. The summed E-state index contributed by atoms with van der Waals surface area (Å²) in [5.41, 5.74) is 7.92. The summed E-state index contributed by atoms with van der Waals surface area (Å²) in [4.78, 5) is 22.8. The van der Waals surface area contributed by atoms with Gasteiger partial charge >= 0.3 is 12.0 Å². The molecule has 0 fully saturated rings. The summed E-state index contributed by atoms with van der Waals surface area (Å²) in [5.74, 6) is 0. The van der Waals surface area contributed by atoms with Crippen LogP contribution in [-0.4, -0.2) is 15.0 Å². The molecule has 2 aliphatic carbocycles. The van der Waals surface area contributed by atoms with E-state index in [9.17, 15) is 0 Å². The SMILES string of the molecule is C1=C(NOc2ncnc(ONC3=CCCCC3)n2)CCCC1. The maximum Gasteiger partial charge on any atom is 0.348 e. The van der Waals surface area contributed by atoms with Crippen molar-refractivity contribution in [1.29, 1.82) is 0 Å². The first-order valence-corrected chi connectivity index (χ1v) is 7.83. The predicted octanol–water partition coefficient (Wildman–Crippen LogP) is 2.55. The van der Waals surface area contributed by atoms with E-state index < -0.39 is 0 Å². The Morgan fingerprint density at radius 2 is 1.32 bits per heavy atom. The van der Waals surface area contributed by atoms with Crippen molar-refractivity contribution in [2.75, 3.05) is 0 Å². The van der Waals surface area contributed by atoms with Crippen molar-refractivity contribution in [3.8, 4) is 12.0 Å². The monoisotopic (exact) mass is 303 g/mol. The first-order chi connectivity index (χ1) is 10.9. The second kappa shape index (κ2) is 7.63. The van der Waals surface area contributed by atoms with Crippen molar-refractivity contribution in [3.05, 3.63) is 29.9 Å². The molecule has 0 bridgehead atoms. The molecule has 2 N–H and O–H groups in total. The van der Waals surface area contributed by atoms with Crippen LogP contribution in [0.25, 0.3) is 0 Å². The Morgan fingerprint density at radius 1 is 0.773 bits per heavy atom. The van der Waals surface area contributed by atoms with Crippen LogP contribution in [0, 0.1) is 0 Å². The molecule has 1 aromatic rings. The van der Waals surface area contributed by atoms with Gasteiger partial charge in [-0.15, -0.1) is 4.98 Å². The van der Waals surface area contributed by atoms with Gasteiger partial charge < -0.3 is 9.68 Å². The van der Waals surface area contributed by atoms with E-state index in [2.05, 4.69) is 38.1 Å². The minimum absolute atomic E-state index is 0.191. The molecule has 0 unspecified atom stereocenters. The maximum atomic E-state index is 5.38. The first-order valence-electron chi connectivity index (χ1n) is 7.83. The van der Waals surface area contributed by atoms with E-state index in [4.69, 9.17) is 9.68 Å². The van der Waals surface area contributed by atoms with E-state index in [0.717, 1.165) is 37.1 Å². The van der Waals surface area contributed by atoms with Gasteiger partial charge in [-0.05, 0) is 51.4 Å². The summed E-state index contributed by atoms with van der Waals surface area (Å²) in [6, 6.07) is 0.381. The van der Waals surface area contributed by atoms with Gasteiger partial charge in [-0.25, -0.2) is 11.0 Å². The standard InChI is InChI=1S/C15H21N5O2/c1-3-7-12(8-4-1)19-21-14-16-11-17-15(18-14)22-20-13-9-5-2-6-10-13/h7,9,11,19-20H,1-6,8,10H2. The zero-order valence-electron chi connectivity index (χ0n) is 12.5. The summed E-state index contributed by atoms with van der Waals surface area (Å²) in [6.07, 6.45) is 14.6. The largest absolute Gasteiger partial charge is 0.348 e. The topological polar surface area (TPSA) is 81.2 Å². The molecule has 1 heterocycles. The number of rotatable bonds is 6. The van der Waals surface area contributed by atoms with Gasteiger partial charge in [0.05, 0.1) is 0 Å². The van der Waals surface area contributed by atoms with Gasteiger partial charge in [0, 0.05) is 11.4 Å². The fourth-order valence-electron chi connectivity index (χ4n) is 2.45. The number of hydrogen-bond acceptors (Lipinski definition) is 7. The van der Waals surface area contributed by atoms with Crippen molar-refractivity contribution < 1.29 is 9.68 Å². The molecular weight excluding hydrogens is 282 g/mol. The number of nitrogens with one attached hydrogen (secondary N) is 2. The Kier molecular flexibility index (Phi) is 5.07. The highest BCUT2D eigenvalue weighted by Crippen LogP contribution is 2.16. The highest BCUT2D eigenvalue weighted by Gasteiger charge is 2.08. The fourth-order valence-corrected chi connectivity index (χ4v) is 2.45. The van der Waals surface area contributed by atoms with Crippen molar-refractivity contribution >= 4 is 0 Å². The molecule has 22 heavy (non-hydrogen) atoms. The summed E-state index contributed by atoms with van der Waals surface area (Å²) < 4.78 is 0. The third-order valence-corrected chi connectivity index (χ3v) is 3.66. The van der Waals surface area contributed by atoms with Crippen LogP contribution in [0.15, 0.2) is 29.9 Å². The lowest BCUT2D eigenvalue weighted by Crippen LogP contribution is -2.22. The highest BCUT2D eigenvalue weighted by atomic mass is 16.7. The lowest BCUT2D eigenvalue weighted by atomic mass is 10.1. The number of allylic oxidation sites excluding steroid dienone is 4. The smallest absolute Gasteiger partial charge is 0.340 e. The molecule has 0 saturated carbocycles. The Bertz CT molecular complexity index is 513. The molecule has 118 valence electrons. The van der Waals surface area contributed by atoms with Crippen LogP contribution >= 0.6 is 0 Å². The van der Waals surface area contributed by atoms with Crippen molar-refractivity contribution in [2.24, 2.45) is 0 Å². The number of hydroxylamine groups is 2. The summed E-state index contributed by atoms with van der Waals surface area (Å²) in [7, 11) is 0. The second-order valence-electron chi connectivity index (χ2n) is 5.41. The average molecular weight is 303 g/mol. The van der Waals surface area contributed by atoms with E-state index in [-0.39, 0.29) is 12.0 Å². The van der Waals surface area contributed by atoms with Crippen molar-refractivity contribution in [3.63, 3.8) is 0 Å². The molecular formula is C15H21N5O2. The minimum Gasteiger partial charge on any atom is -0.340 e. The summed E-state index contributed by atoms with van der Waals surface area (Å²) >= 11 is 0. The number of hydrogen-bond donors (Lipinski definition) is 2. The summed E-state index contributed by atoms with van der Waals surface area (Å²) in [6.45, 7) is 0. The van der Waals surface area contributed by atoms with Gasteiger partial charge in [-0.1, -0.05) is 12.2 Å². The van der Waals surface area contributed by atoms with Crippen LogP contribution in [0.1, 0.15) is 51.4 Å². The molecule has 0 amide bonds. The Balaban J connectivity index is 1.50. The zero-order valence-corrected chi connectivity index (χ0v) is 12.5. The average Bonchev–Trinajstić information content (AvgIpc) is 2.60. The lowest BCUT2D eigenvalue weighted by Gasteiger charge is -2.15. The number of nitrogens with zero attached hydrogens (tertiary/aromatic N) is 3. The normalized spacial score (nSPS) is 18.0. The summed E-state index contributed by atoms with van der Waals surface area (Å²) in [5, 5.41) is 0. The minimum atomic E-state index is 0.191. The number of aromatic nitrogens is 3. The molecule has 3 rings (SSSR count). The molecule has 7 heteroatoms. The van der Waals surface area contributed by atoms with Gasteiger partial charge in [-0.3, -0.25) is 0 Å².